The van der Waals surface area contributed by atoms with Gasteiger partial charge in [0.2, 0.25) is 0 Å². The molecule has 4 nitrogen and oxygen atoms in total. The fourth-order valence-electron chi connectivity index (χ4n) is 3.59. The Morgan fingerprint density at radius 3 is 2.86 bits per heavy atom. The van der Waals surface area contributed by atoms with E-state index in [1.165, 1.54) is 0 Å². The van der Waals surface area contributed by atoms with Crippen LogP contribution in [0, 0.1) is 11.8 Å². The highest BCUT2D eigenvalue weighted by Crippen LogP contribution is 2.34. The summed E-state index contributed by atoms with van der Waals surface area (Å²) in [4.78, 5) is 14.5. The molecule has 5 heteroatoms. The van der Waals surface area contributed by atoms with Crippen molar-refractivity contribution in [3.05, 3.63) is 29.3 Å². The molecular formula is C16H21ClN2O2. The normalized spacial score (nSPS) is 27.7. The van der Waals surface area contributed by atoms with Gasteiger partial charge in [0.05, 0.1) is 0 Å². The number of fused-ring (bicyclic) bond motifs is 1. The van der Waals surface area contributed by atoms with E-state index in [0.717, 1.165) is 26.1 Å². The average Bonchev–Trinajstić information content (AvgIpc) is 3.06. The number of carbonyl (C=O) groups is 1. The van der Waals surface area contributed by atoms with E-state index in [0.29, 0.717) is 28.6 Å². The summed E-state index contributed by atoms with van der Waals surface area (Å²) in [5.41, 5.74) is 0. The summed E-state index contributed by atoms with van der Waals surface area (Å²) in [5, 5.41) is 4.10. The Morgan fingerprint density at radius 2 is 2.14 bits per heavy atom. The summed E-state index contributed by atoms with van der Waals surface area (Å²) in [6.45, 7) is 5.18. The van der Waals surface area contributed by atoms with Crippen LogP contribution in [0.5, 0.6) is 5.75 Å². The third-order valence-corrected chi connectivity index (χ3v) is 4.88. The van der Waals surface area contributed by atoms with Crippen LogP contribution in [0.15, 0.2) is 24.3 Å². The molecule has 3 rings (SSSR count). The molecule has 2 heterocycles. The van der Waals surface area contributed by atoms with E-state index in [4.69, 9.17) is 16.3 Å². The minimum atomic E-state index is 0.0891. The fraction of sp³-hybridized carbons (Fsp3) is 0.562. The first-order valence-electron chi connectivity index (χ1n) is 7.57. The molecule has 0 saturated carbocycles. The molecule has 2 fully saturated rings. The van der Waals surface area contributed by atoms with Crippen molar-refractivity contribution >= 4 is 17.5 Å². The van der Waals surface area contributed by atoms with Gasteiger partial charge in [0.15, 0.2) is 6.61 Å². The second kappa shape index (κ2) is 6.24. The zero-order chi connectivity index (χ0) is 14.8. The van der Waals surface area contributed by atoms with Crippen LogP contribution < -0.4 is 10.1 Å². The van der Waals surface area contributed by atoms with Crippen LogP contribution in [0.4, 0.5) is 0 Å². The third kappa shape index (κ3) is 3.01. The van der Waals surface area contributed by atoms with Crippen LogP contribution in [0.2, 0.25) is 5.02 Å². The number of nitrogens with one attached hydrogen (secondary N) is 1. The molecule has 2 aliphatic heterocycles. The molecule has 1 N–H and O–H groups in total. The molecule has 1 amide bonds. The van der Waals surface area contributed by atoms with E-state index in [-0.39, 0.29) is 12.5 Å². The van der Waals surface area contributed by atoms with Gasteiger partial charge in [-0.1, -0.05) is 18.5 Å². The van der Waals surface area contributed by atoms with Crippen LogP contribution in [0.1, 0.15) is 13.3 Å². The monoisotopic (exact) mass is 308 g/mol. The van der Waals surface area contributed by atoms with Crippen LogP contribution >= 0.6 is 11.6 Å². The molecule has 1 aromatic rings. The van der Waals surface area contributed by atoms with Crippen molar-refractivity contribution in [2.45, 2.75) is 19.4 Å². The first-order chi connectivity index (χ1) is 10.2. The lowest BCUT2D eigenvalue weighted by molar-refractivity contribution is -0.134. The summed E-state index contributed by atoms with van der Waals surface area (Å²) in [5.74, 6) is 1.98. The van der Waals surface area contributed by atoms with Gasteiger partial charge in [-0.2, -0.15) is 0 Å². The van der Waals surface area contributed by atoms with Crippen molar-refractivity contribution in [1.29, 1.82) is 0 Å². The van der Waals surface area contributed by atoms with E-state index in [1.807, 2.05) is 4.90 Å². The number of hydrogen-bond donors (Lipinski definition) is 1. The number of carbonyl (C=O) groups excluding carboxylic acids is 1. The van der Waals surface area contributed by atoms with Gasteiger partial charge >= 0.3 is 0 Å². The molecule has 0 spiro atoms. The van der Waals surface area contributed by atoms with E-state index in [2.05, 4.69) is 12.2 Å². The number of likely N-dealkylation sites (tertiary alicyclic amines) is 1. The molecule has 21 heavy (non-hydrogen) atoms. The lowest BCUT2D eigenvalue weighted by Gasteiger charge is -2.26. The predicted molar refractivity (Wildman–Crippen MR) is 82.6 cm³/mol. The van der Waals surface area contributed by atoms with Gasteiger partial charge in [-0.3, -0.25) is 4.79 Å². The highest BCUT2D eigenvalue weighted by atomic mass is 35.5. The SMILES string of the molecule is CCC1C2CNCC2CN1C(=O)COc1ccc(Cl)cc1. The smallest absolute Gasteiger partial charge is 0.260 e. The maximum absolute atomic E-state index is 12.4. The Kier molecular flexibility index (Phi) is 4.36. The van der Waals surface area contributed by atoms with E-state index < -0.39 is 0 Å². The molecule has 0 radical (unpaired) electrons. The van der Waals surface area contributed by atoms with Gasteiger partial charge < -0.3 is 15.0 Å². The van der Waals surface area contributed by atoms with Gasteiger partial charge in [-0.15, -0.1) is 0 Å². The van der Waals surface area contributed by atoms with Crippen molar-refractivity contribution in [1.82, 2.24) is 10.2 Å². The maximum Gasteiger partial charge on any atom is 0.260 e. The Morgan fingerprint density at radius 1 is 1.38 bits per heavy atom. The average molecular weight is 309 g/mol. The van der Waals surface area contributed by atoms with Crippen molar-refractivity contribution in [3.8, 4) is 5.75 Å². The predicted octanol–water partition coefficient (Wildman–Crippen LogP) is 2.18. The molecule has 0 aliphatic carbocycles. The van der Waals surface area contributed by atoms with Gasteiger partial charge in [0.1, 0.15) is 5.75 Å². The summed E-state index contributed by atoms with van der Waals surface area (Å²) in [6, 6.07) is 7.46. The van der Waals surface area contributed by atoms with Gasteiger partial charge in [0.25, 0.3) is 5.91 Å². The number of ether oxygens (including phenoxy) is 1. The molecule has 3 unspecified atom stereocenters. The molecule has 0 aromatic heterocycles. The summed E-state index contributed by atoms with van der Waals surface area (Å²) in [6.07, 6.45) is 1.01. The van der Waals surface area contributed by atoms with Gasteiger partial charge in [-0.05, 0) is 42.5 Å². The van der Waals surface area contributed by atoms with Crippen molar-refractivity contribution in [2.24, 2.45) is 11.8 Å². The summed E-state index contributed by atoms with van der Waals surface area (Å²) >= 11 is 5.83. The van der Waals surface area contributed by atoms with Crippen LogP contribution in [-0.4, -0.2) is 43.1 Å². The second-order valence-electron chi connectivity index (χ2n) is 5.85. The number of rotatable bonds is 4. The van der Waals surface area contributed by atoms with Crippen LogP contribution in [0.3, 0.4) is 0 Å². The Hall–Kier alpha value is -1.26. The zero-order valence-corrected chi connectivity index (χ0v) is 13.0. The van der Waals surface area contributed by atoms with E-state index in [9.17, 15) is 4.79 Å². The lowest BCUT2D eigenvalue weighted by atomic mass is 9.93. The van der Waals surface area contributed by atoms with E-state index in [1.54, 1.807) is 24.3 Å². The van der Waals surface area contributed by atoms with Crippen LogP contribution in [-0.2, 0) is 4.79 Å². The first kappa shape index (κ1) is 14.7. The van der Waals surface area contributed by atoms with Crippen molar-refractivity contribution in [2.75, 3.05) is 26.2 Å². The molecule has 1 aromatic carbocycles. The van der Waals surface area contributed by atoms with Crippen molar-refractivity contribution < 1.29 is 9.53 Å². The third-order valence-electron chi connectivity index (χ3n) is 4.63. The molecule has 0 bridgehead atoms. The standard InChI is InChI=1S/C16H21ClN2O2/c1-2-15-14-8-18-7-11(14)9-19(15)16(20)10-21-13-5-3-12(17)4-6-13/h3-6,11,14-15,18H,2,7-10H2,1H3. The van der Waals surface area contributed by atoms with Gasteiger partial charge in [-0.25, -0.2) is 0 Å². The second-order valence-corrected chi connectivity index (χ2v) is 6.28. The minimum Gasteiger partial charge on any atom is -0.484 e. The maximum atomic E-state index is 12.4. The number of hydrogen-bond acceptors (Lipinski definition) is 3. The number of nitrogens with zero attached hydrogens (tertiary/aromatic N) is 1. The number of benzene rings is 1. The van der Waals surface area contributed by atoms with Crippen LogP contribution in [0.25, 0.3) is 0 Å². The molecule has 114 valence electrons. The van der Waals surface area contributed by atoms with E-state index >= 15 is 0 Å². The number of halogens is 1. The molecule has 2 aliphatic rings. The van der Waals surface area contributed by atoms with Crippen molar-refractivity contribution in [3.63, 3.8) is 0 Å². The Balaban J connectivity index is 1.59. The Bertz CT molecular complexity index is 506. The summed E-state index contributed by atoms with van der Waals surface area (Å²) in [7, 11) is 0. The minimum absolute atomic E-state index is 0.0891. The zero-order valence-electron chi connectivity index (χ0n) is 12.2. The Labute approximate surface area is 130 Å². The summed E-state index contributed by atoms with van der Waals surface area (Å²) < 4.78 is 5.58. The molecular weight excluding hydrogens is 288 g/mol. The topological polar surface area (TPSA) is 41.6 Å². The highest BCUT2D eigenvalue weighted by molar-refractivity contribution is 6.30. The molecule has 3 atom stereocenters. The fourth-order valence-corrected chi connectivity index (χ4v) is 3.72. The lowest BCUT2D eigenvalue weighted by Crippen LogP contribution is -2.41. The van der Waals surface area contributed by atoms with Gasteiger partial charge in [0, 0.05) is 30.7 Å². The quantitative estimate of drug-likeness (QED) is 0.927. The highest BCUT2D eigenvalue weighted by Gasteiger charge is 2.44. The largest absolute Gasteiger partial charge is 0.484 e. The molecule has 2 saturated heterocycles. The first-order valence-corrected chi connectivity index (χ1v) is 7.95. The number of amides is 1.